The predicted octanol–water partition coefficient (Wildman–Crippen LogP) is 3.96. The van der Waals surface area contributed by atoms with Crippen molar-refractivity contribution in [1.29, 1.82) is 0 Å². The van der Waals surface area contributed by atoms with Crippen LogP contribution in [0, 0.1) is 11.7 Å². The first-order chi connectivity index (χ1) is 11.0. The third-order valence-electron chi connectivity index (χ3n) is 3.66. The van der Waals surface area contributed by atoms with Gasteiger partial charge in [-0.05, 0) is 36.4 Å². The Kier molecular flexibility index (Phi) is 8.19. The van der Waals surface area contributed by atoms with Crippen LogP contribution in [0.5, 0.6) is 0 Å². The zero-order valence-electron chi connectivity index (χ0n) is 13.6. The van der Waals surface area contributed by atoms with Gasteiger partial charge in [-0.1, -0.05) is 48.9 Å². The van der Waals surface area contributed by atoms with E-state index in [0.717, 1.165) is 11.1 Å². The fraction of sp³-hybridized carbons (Fsp3) is 0.278. The molecule has 0 fully saturated rings. The molecular formula is C18H21Cl2FN2O. The Balaban J connectivity index is 0.00000288. The molecule has 2 aromatic rings. The van der Waals surface area contributed by atoms with Crippen LogP contribution in [0.3, 0.4) is 0 Å². The standard InChI is InChI=1S/C18H20ClFN2O.ClH/c1-12(11-21-2)18(23)22-17(13-7-9-14(20)10-8-13)15-5-3-4-6-16(15)19;/h3-10,12,17,21H,11H2,1-2H3,(H,22,23);1H. The lowest BCUT2D eigenvalue weighted by Gasteiger charge is -2.23. The molecule has 0 aliphatic rings. The predicted molar refractivity (Wildman–Crippen MR) is 98.2 cm³/mol. The Hall–Kier alpha value is -1.62. The molecule has 2 unspecified atom stereocenters. The Morgan fingerprint density at radius 3 is 2.38 bits per heavy atom. The van der Waals surface area contributed by atoms with Crippen LogP contribution in [0.25, 0.3) is 0 Å². The van der Waals surface area contributed by atoms with Gasteiger partial charge in [0, 0.05) is 17.5 Å². The minimum Gasteiger partial charge on any atom is -0.345 e. The molecule has 0 aliphatic carbocycles. The van der Waals surface area contributed by atoms with Crippen LogP contribution in [0.1, 0.15) is 24.1 Å². The topological polar surface area (TPSA) is 41.1 Å². The van der Waals surface area contributed by atoms with Gasteiger partial charge in [0.2, 0.25) is 5.91 Å². The number of amides is 1. The van der Waals surface area contributed by atoms with Crippen LogP contribution in [0.15, 0.2) is 48.5 Å². The lowest BCUT2D eigenvalue weighted by atomic mass is 9.97. The Morgan fingerprint density at radius 2 is 1.79 bits per heavy atom. The minimum absolute atomic E-state index is 0. The maximum absolute atomic E-state index is 13.2. The summed E-state index contributed by atoms with van der Waals surface area (Å²) in [6.45, 7) is 2.42. The van der Waals surface area contributed by atoms with Crippen LogP contribution in [-0.4, -0.2) is 19.5 Å². The van der Waals surface area contributed by atoms with Crippen molar-refractivity contribution in [3.05, 3.63) is 70.5 Å². The lowest BCUT2D eigenvalue weighted by molar-refractivity contribution is -0.124. The molecule has 2 aromatic carbocycles. The SMILES string of the molecule is CNCC(C)C(=O)NC(c1ccc(F)cc1)c1ccccc1Cl.Cl. The Bertz CT molecular complexity index is 664. The van der Waals surface area contributed by atoms with Gasteiger partial charge in [-0.25, -0.2) is 4.39 Å². The molecule has 0 radical (unpaired) electrons. The lowest BCUT2D eigenvalue weighted by Crippen LogP contribution is -2.37. The van der Waals surface area contributed by atoms with Gasteiger partial charge in [0.25, 0.3) is 0 Å². The number of halogens is 3. The summed E-state index contributed by atoms with van der Waals surface area (Å²) in [6.07, 6.45) is 0. The van der Waals surface area contributed by atoms with Gasteiger partial charge in [0.15, 0.2) is 0 Å². The van der Waals surface area contributed by atoms with Gasteiger partial charge in [0.1, 0.15) is 5.82 Å². The summed E-state index contributed by atoms with van der Waals surface area (Å²) in [5.74, 6) is -0.597. The van der Waals surface area contributed by atoms with E-state index < -0.39 is 6.04 Å². The monoisotopic (exact) mass is 370 g/mol. The van der Waals surface area contributed by atoms with E-state index in [-0.39, 0.29) is 30.0 Å². The van der Waals surface area contributed by atoms with Crippen LogP contribution in [-0.2, 0) is 4.79 Å². The second-order valence-electron chi connectivity index (χ2n) is 5.47. The maximum atomic E-state index is 13.2. The molecular weight excluding hydrogens is 350 g/mol. The van der Waals surface area contributed by atoms with Gasteiger partial charge in [0.05, 0.1) is 6.04 Å². The second kappa shape index (κ2) is 9.62. The highest BCUT2D eigenvalue weighted by Crippen LogP contribution is 2.28. The van der Waals surface area contributed by atoms with E-state index in [0.29, 0.717) is 11.6 Å². The zero-order chi connectivity index (χ0) is 16.8. The average Bonchev–Trinajstić information content (AvgIpc) is 2.54. The third-order valence-corrected chi connectivity index (χ3v) is 4.01. The van der Waals surface area contributed by atoms with Crippen molar-refractivity contribution in [3.63, 3.8) is 0 Å². The quantitative estimate of drug-likeness (QED) is 0.807. The number of nitrogens with one attached hydrogen (secondary N) is 2. The summed E-state index contributed by atoms with van der Waals surface area (Å²) in [4.78, 5) is 12.4. The molecule has 1 amide bonds. The molecule has 2 N–H and O–H groups in total. The number of hydrogen-bond acceptors (Lipinski definition) is 2. The molecule has 2 rings (SSSR count). The molecule has 0 spiro atoms. The van der Waals surface area contributed by atoms with E-state index in [1.54, 1.807) is 25.2 Å². The van der Waals surface area contributed by atoms with Gasteiger partial charge < -0.3 is 10.6 Å². The molecule has 130 valence electrons. The normalized spacial score (nSPS) is 12.8. The molecule has 2 atom stereocenters. The molecule has 0 heterocycles. The van der Waals surface area contributed by atoms with Crippen LogP contribution < -0.4 is 10.6 Å². The molecule has 0 aliphatic heterocycles. The number of benzene rings is 2. The first-order valence-corrected chi connectivity index (χ1v) is 7.85. The third kappa shape index (κ3) is 5.20. The van der Waals surface area contributed by atoms with Gasteiger partial charge in [-0.2, -0.15) is 0 Å². The summed E-state index contributed by atoms with van der Waals surface area (Å²) in [5.41, 5.74) is 1.57. The van der Waals surface area contributed by atoms with E-state index in [9.17, 15) is 9.18 Å². The summed E-state index contributed by atoms with van der Waals surface area (Å²) < 4.78 is 13.2. The van der Waals surface area contributed by atoms with Crippen molar-refractivity contribution in [2.24, 2.45) is 5.92 Å². The van der Waals surface area contributed by atoms with Gasteiger partial charge in [-0.3, -0.25) is 4.79 Å². The fourth-order valence-corrected chi connectivity index (χ4v) is 2.63. The van der Waals surface area contributed by atoms with Crippen LogP contribution >= 0.6 is 24.0 Å². The first-order valence-electron chi connectivity index (χ1n) is 7.47. The van der Waals surface area contributed by atoms with Crippen molar-refractivity contribution < 1.29 is 9.18 Å². The summed E-state index contributed by atoms with van der Waals surface area (Å²) in [7, 11) is 1.80. The summed E-state index contributed by atoms with van der Waals surface area (Å²) >= 11 is 6.29. The van der Waals surface area contributed by atoms with E-state index in [1.165, 1.54) is 12.1 Å². The smallest absolute Gasteiger partial charge is 0.224 e. The molecule has 0 aromatic heterocycles. The van der Waals surface area contributed by atoms with Crippen LogP contribution in [0.2, 0.25) is 5.02 Å². The van der Waals surface area contributed by atoms with Gasteiger partial charge >= 0.3 is 0 Å². The van der Waals surface area contributed by atoms with Crippen molar-refractivity contribution in [1.82, 2.24) is 10.6 Å². The second-order valence-corrected chi connectivity index (χ2v) is 5.88. The average molecular weight is 371 g/mol. The van der Waals surface area contributed by atoms with E-state index in [1.807, 2.05) is 25.1 Å². The van der Waals surface area contributed by atoms with Crippen molar-refractivity contribution in [2.75, 3.05) is 13.6 Å². The Labute approximate surface area is 153 Å². The highest BCUT2D eigenvalue weighted by Gasteiger charge is 2.22. The number of hydrogen-bond donors (Lipinski definition) is 2. The first kappa shape index (κ1) is 20.4. The van der Waals surface area contributed by atoms with E-state index in [4.69, 9.17) is 11.6 Å². The highest BCUT2D eigenvalue weighted by atomic mass is 35.5. The fourth-order valence-electron chi connectivity index (χ4n) is 2.39. The Morgan fingerprint density at radius 1 is 1.17 bits per heavy atom. The number of carbonyl (C=O) groups excluding carboxylic acids is 1. The number of carbonyl (C=O) groups is 1. The van der Waals surface area contributed by atoms with Gasteiger partial charge in [-0.15, -0.1) is 12.4 Å². The molecule has 0 saturated heterocycles. The molecule has 24 heavy (non-hydrogen) atoms. The van der Waals surface area contributed by atoms with Crippen molar-refractivity contribution in [2.45, 2.75) is 13.0 Å². The number of rotatable bonds is 6. The van der Waals surface area contributed by atoms with Crippen LogP contribution in [0.4, 0.5) is 4.39 Å². The molecule has 6 heteroatoms. The maximum Gasteiger partial charge on any atom is 0.224 e. The van der Waals surface area contributed by atoms with Crippen molar-refractivity contribution in [3.8, 4) is 0 Å². The minimum atomic E-state index is -0.420. The summed E-state index contributed by atoms with van der Waals surface area (Å²) in [5, 5.41) is 6.55. The molecule has 0 saturated carbocycles. The van der Waals surface area contributed by atoms with Crippen molar-refractivity contribution >= 4 is 29.9 Å². The van der Waals surface area contributed by atoms with E-state index >= 15 is 0 Å². The highest BCUT2D eigenvalue weighted by molar-refractivity contribution is 6.31. The molecule has 0 bridgehead atoms. The largest absolute Gasteiger partial charge is 0.345 e. The summed E-state index contributed by atoms with van der Waals surface area (Å²) in [6, 6.07) is 13.0. The van der Waals surface area contributed by atoms with E-state index in [2.05, 4.69) is 10.6 Å². The molecule has 3 nitrogen and oxygen atoms in total. The zero-order valence-corrected chi connectivity index (χ0v) is 15.1.